The van der Waals surface area contributed by atoms with Crippen molar-refractivity contribution >= 4 is 15.7 Å². The Kier molecular flexibility index (Phi) is 7.50. The Hall–Kier alpha value is -2.92. The average molecular weight is 551 g/mol. The maximum atomic E-state index is 14.5. The molecular formula is C27H30F4N4O2S. The molecule has 3 aromatic rings. The second kappa shape index (κ2) is 10.7. The molecule has 38 heavy (non-hydrogen) atoms. The Morgan fingerprint density at radius 2 is 1.76 bits per heavy atom. The molecule has 0 radical (unpaired) electrons. The van der Waals surface area contributed by atoms with Gasteiger partial charge in [-0.2, -0.15) is 17.5 Å². The maximum absolute atomic E-state index is 14.5. The van der Waals surface area contributed by atoms with Crippen molar-refractivity contribution in [2.24, 2.45) is 5.92 Å². The first-order valence-corrected chi connectivity index (χ1v) is 14.2. The molecule has 0 bridgehead atoms. The highest BCUT2D eigenvalue weighted by Gasteiger charge is 2.36. The van der Waals surface area contributed by atoms with Crippen LogP contribution in [0.25, 0.3) is 0 Å². The fourth-order valence-corrected chi connectivity index (χ4v) is 7.07. The van der Waals surface area contributed by atoms with Gasteiger partial charge in [0.25, 0.3) is 0 Å². The summed E-state index contributed by atoms with van der Waals surface area (Å²) in [6, 6.07) is 7.63. The lowest BCUT2D eigenvalue weighted by Crippen LogP contribution is -2.43. The molecule has 1 saturated carbocycles. The van der Waals surface area contributed by atoms with E-state index in [4.69, 9.17) is 0 Å². The smallest absolute Gasteiger partial charge is 0.361 e. The number of sulfonamides is 1. The lowest BCUT2D eigenvalue weighted by Gasteiger charge is -2.34. The van der Waals surface area contributed by atoms with Crippen LogP contribution in [0.15, 0.2) is 59.9 Å². The Morgan fingerprint density at radius 1 is 1.03 bits per heavy atom. The van der Waals surface area contributed by atoms with Crippen molar-refractivity contribution < 1.29 is 26.0 Å². The van der Waals surface area contributed by atoms with Gasteiger partial charge < -0.3 is 9.88 Å². The number of alkyl halides is 3. The molecule has 1 unspecified atom stereocenters. The molecular weight excluding hydrogens is 520 g/mol. The van der Waals surface area contributed by atoms with Crippen molar-refractivity contribution in [1.29, 1.82) is 0 Å². The predicted molar refractivity (Wildman–Crippen MR) is 135 cm³/mol. The Labute approximate surface area is 219 Å². The third kappa shape index (κ3) is 5.73. The summed E-state index contributed by atoms with van der Waals surface area (Å²) in [5.74, 6) is 0.145. The number of aromatic amines is 1. The van der Waals surface area contributed by atoms with Crippen molar-refractivity contribution in [3.8, 4) is 0 Å². The third-order valence-electron chi connectivity index (χ3n) is 7.66. The number of hydrogen-bond donors (Lipinski definition) is 1. The van der Waals surface area contributed by atoms with Gasteiger partial charge in [-0.25, -0.2) is 17.8 Å². The van der Waals surface area contributed by atoms with Crippen molar-refractivity contribution in [2.45, 2.75) is 68.7 Å². The van der Waals surface area contributed by atoms with Crippen LogP contribution in [0.2, 0.25) is 0 Å². The highest BCUT2D eigenvalue weighted by Crippen LogP contribution is 2.37. The molecule has 1 N–H and O–H groups in total. The van der Waals surface area contributed by atoms with Crippen molar-refractivity contribution in [1.82, 2.24) is 14.3 Å². The van der Waals surface area contributed by atoms with Gasteiger partial charge in [-0.3, -0.25) is 0 Å². The van der Waals surface area contributed by atoms with E-state index in [0.717, 1.165) is 49.2 Å². The summed E-state index contributed by atoms with van der Waals surface area (Å²) in [7, 11) is -4.13. The van der Waals surface area contributed by atoms with Crippen molar-refractivity contribution in [3.05, 3.63) is 77.6 Å². The molecule has 0 amide bonds. The molecule has 6 nitrogen and oxygen atoms in total. The highest BCUT2D eigenvalue weighted by atomic mass is 32.2. The number of benzene rings is 2. The number of imidazole rings is 1. The summed E-state index contributed by atoms with van der Waals surface area (Å²) in [5.41, 5.74) is 1.14. The van der Waals surface area contributed by atoms with Gasteiger partial charge in [0.15, 0.2) is 0 Å². The summed E-state index contributed by atoms with van der Waals surface area (Å²) >= 11 is 0. The first-order valence-electron chi connectivity index (χ1n) is 12.8. The van der Waals surface area contributed by atoms with E-state index in [-0.39, 0.29) is 24.0 Å². The third-order valence-corrected chi connectivity index (χ3v) is 9.48. The summed E-state index contributed by atoms with van der Waals surface area (Å²) in [6.07, 6.45) is 4.98. The Bertz CT molecular complexity index is 1340. The maximum Gasteiger partial charge on any atom is 0.416 e. The molecule has 1 aliphatic heterocycles. The number of H-pyrrole nitrogens is 1. The van der Waals surface area contributed by atoms with E-state index >= 15 is 0 Å². The zero-order chi connectivity index (χ0) is 26.9. The fourth-order valence-electron chi connectivity index (χ4n) is 5.61. The standard InChI is InChI=1S/C27H30F4N4O2S/c28-22-9-6-20-15-34(38(36,37)25-11-7-21(8-12-25)27(29,30)31)17-24(10-5-19-3-1-2-4-19)35(26(20)13-22)16-23-14-32-18-33-23/h6-9,11-14,18-19,24H,1-5,10,15-17H2,(H,32,33). The monoisotopic (exact) mass is 550 g/mol. The minimum atomic E-state index is -4.56. The minimum absolute atomic E-state index is 0.0155. The van der Waals surface area contributed by atoms with Gasteiger partial charge in [0, 0.05) is 31.0 Å². The number of aromatic nitrogens is 2. The lowest BCUT2D eigenvalue weighted by atomic mass is 9.97. The van der Waals surface area contributed by atoms with Gasteiger partial charge in [-0.1, -0.05) is 31.7 Å². The van der Waals surface area contributed by atoms with Gasteiger partial charge in [0.2, 0.25) is 10.0 Å². The topological polar surface area (TPSA) is 69.3 Å². The van der Waals surface area contributed by atoms with Gasteiger partial charge in [-0.05, 0) is 60.7 Å². The first-order chi connectivity index (χ1) is 18.1. The summed E-state index contributed by atoms with van der Waals surface area (Å²) < 4.78 is 82.5. The van der Waals surface area contributed by atoms with Gasteiger partial charge >= 0.3 is 6.18 Å². The second-order valence-electron chi connectivity index (χ2n) is 10.2. The van der Waals surface area contributed by atoms with Crippen LogP contribution in [0.5, 0.6) is 0 Å². The molecule has 1 atom stereocenters. The zero-order valence-electron chi connectivity index (χ0n) is 20.8. The van der Waals surface area contributed by atoms with Crippen LogP contribution >= 0.6 is 0 Å². The van der Waals surface area contributed by atoms with Crippen molar-refractivity contribution in [3.63, 3.8) is 0 Å². The van der Waals surface area contributed by atoms with E-state index in [0.29, 0.717) is 30.1 Å². The quantitative estimate of drug-likeness (QED) is 0.360. The fraction of sp³-hybridized carbons (Fsp3) is 0.444. The summed E-state index contributed by atoms with van der Waals surface area (Å²) in [6.45, 7) is 0.499. The van der Waals surface area contributed by atoms with Crippen LogP contribution in [-0.2, 0) is 29.3 Å². The summed E-state index contributed by atoms with van der Waals surface area (Å²) in [4.78, 5) is 9.02. The normalized spacial score (nSPS) is 19.5. The molecule has 0 spiro atoms. The SMILES string of the molecule is O=S(=O)(c1ccc(C(F)(F)F)cc1)N1Cc2ccc(F)cc2N(Cc2cnc[nH]2)C(CCC2CCCC2)C1. The van der Waals surface area contributed by atoms with E-state index in [1.807, 2.05) is 4.90 Å². The van der Waals surface area contributed by atoms with Gasteiger partial charge in [-0.15, -0.1) is 0 Å². The largest absolute Gasteiger partial charge is 0.416 e. The van der Waals surface area contributed by atoms with Gasteiger partial charge in [0.1, 0.15) is 5.82 Å². The molecule has 204 valence electrons. The Morgan fingerprint density at radius 3 is 2.42 bits per heavy atom. The van der Waals surface area contributed by atoms with E-state index in [1.54, 1.807) is 18.6 Å². The molecule has 1 aromatic heterocycles. The number of nitrogens with one attached hydrogen (secondary N) is 1. The van der Waals surface area contributed by atoms with Crippen LogP contribution < -0.4 is 4.90 Å². The number of halogens is 4. The minimum Gasteiger partial charge on any atom is -0.361 e. The molecule has 1 fully saturated rings. The molecule has 0 saturated heterocycles. The molecule has 2 aliphatic rings. The van der Waals surface area contributed by atoms with E-state index < -0.39 is 27.6 Å². The number of hydrogen-bond acceptors (Lipinski definition) is 4. The second-order valence-corrected chi connectivity index (χ2v) is 12.1. The highest BCUT2D eigenvalue weighted by molar-refractivity contribution is 7.89. The van der Waals surface area contributed by atoms with E-state index in [9.17, 15) is 26.0 Å². The average Bonchev–Trinajstić information content (AvgIpc) is 3.57. The van der Waals surface area contributed by atoms with Crippen LogP contribution in [-0.4, -0.2) is 35.3 Å². The first kappa shape index (κ1) is 26.7. The van der Waals surface area contributed by atoms with Crippen LogP contribution in [0.1, 0.15) is 55.3 Å². The van der Waals surface area contributed by atoms with E-state index in [2.05, 4.69) is 9.97 Å². The number of rotatable bonds is 7. The van der Waals surface area contributed by atoms with E-state index in [1.165, 1.54) is 29.3 Å². The number of fused-ring (bicyclic) bond motifs is 1. The molecule has 2 heterocycles. The van der Waals surface area contributed by atoms with Crippen LogP contribution in [0, 0.1) is 11.7 Å². The number of nitrogens with zero attached hydrogens (tertiary/aromatic N) is 3. The summed E-state index contributed by atoms with van der Waals surface area (Å²) in [5, 5.41) is 0. The molecule has 1 aliphatic carbocycles. The van der Waals surface area contributed by atoms with Crippen LogP contribution in [0.3, 0.4) is 0 Å². The van der Waals surface area contributed by atoms with Crippen LogP contribution in [0.4, 0.5) is 23.2 Å². The number of anilines is 1. The molecule has 11 heteroatoms. The van der Waals surface area contributed by atoms with Crippen molar-refractivity contribution in [2.75, 3.05) is 11.4 Å². The zero-order valence-corrected chi connectivity index (χ0v) is 21.6. The molecule has 2 aromatic carbocycles. The lowest BCUT2D eigenvalue weighted by molar-refractivity contribution is -0.137. The van der Waals surface area contributed by atoms with Gasteiger partial charge in [0.05, 0.1) is 29.0 Å². The molecule has 5 rings (SSSR count). The predicted octanol–water partition coefficient (Wildman–Crippen LogP) is 6.12. The Balaban J connectivity index is 1.52.